The largest absolute Gasteiger partial charge is 0.464 e. The molecule has 3 rings (SSSR count). The van der Waals surface area contributed by atoms with E-state index in [1.807, 2.05) is 63.2 Å². The van der Waals surface area contributed by atoms with Gasteiger partial charge < -0.3 is 14.2 Å². The SMILES string of the molecule is Cc1ccc(CN(CCc2ccccc2)C(=O)CN(C(=O)c2cccc(Br)c2)C(C)C)o1. The Balaban J connectivity index is 1.77. The van der Waals surface area contributed by atoms with E-state index in [2.05, 4.69) is 28.1 Å². The lowest BCUT2D eigenvalue weighted by molar-refractivity contribution is -0.133. The molecule has 0 N–H and O–H groups in total. The minimum Gasteiger partial charge on any atom is -0.464 e. The third kappa shape index (κ3) is 6.57. The van der Waals surface area contributed by atoms with Gasteiger partial charge in [0.2, 0.25) is 5.91 Å². The third-order valence-corrected chi connectivity index (χ3v) is 5.76. The molecule has 0 radical (unpaired) electrons. The second kappa shape index (κ2) is 11.1. The number of amides is 2. The van der Waals surface area contributed by atoms with Crippen molar-refractivity contribution in [3.8, 4) is 0 Å². The molecule has 0 atom stereocenters. The highest BCUT2D eigenvalue weighted by molar-refractivity contribution is 9.10. The summed E-state index contributed by atoms with van der Waals surface area (Å²) in [5.41, 5.74) is 1.71. The third-order valence-electron chi connectivity index (χ3n) is 5.27. The number of rotatable bonds is 9. The van der Waals surface area contributed by atoms with Crippen LogP contribution in [0, 0.1) is 6.92 Å². The molecule has 0 aliphatic rings. The van der Waals surface area contributed by atoms with Gasteiger partial charge in [-0.15, -0.1) is 0 Å². The van der Waals surface area contributed by atoms with Crippen LogP contribution in [0.3, 0.4) is 0 Å². The quantitative estimate of drug-likeness (QED) is 0.394. The molecule has 1 heterocycles. The van der Waals surface area contributed by atoms with Crippen molar-refractivity contribution in [3.63, 3.8) is 0 Å². The standard InChI is InChI=1S/C26H29BrN2O3/c1-19(2)29(26(31)22-10-7-11-23(27)16-22)18-25(30)28(17-24-13-12-20(3)32-24)15-14-21-8-5-4-6-9-21/h4-13,16,19H,14-15,17-18H2,1-3H3. The van der Waals surface area contributed by atoms with Crippen LogP contribution in [0.5, 0.6) is 0 Å². The van der Waals surface area contributed by atoms with Crippen molar-refractivity contribution in [2.24, 2.45) is 0 Å². The zero-order valence-electron chi connectivity index (χ0n) is 18.8. The molecule has 32 heavy (non-hydrogen) atoms. The average Bonchev–Trinajstić information content (AvgIpc) is 3.19. The number of furan rings is 1. The van der Waals surface area contributed by atoms with Gasteiger partial charge in [0.15, 0.2) is 0 Å². The van der Waals surface area contributed by atoms with Crippen molar-refractivity contribution in [3.05, 3.63) is 93.9 Å². The van der Waals surface area contributed by atoms with Crippen LogP contribution in [0.15, 0.2) is 75.6 Å². The maximum atomic E-state index is 13.4. The lowest BCUT2D eigenvalue weighted by Crippen LogP contribution is -2.46. The summed E-state index contributed by atoms with van der Waals surface area (Å²) in [5.74, 6) is 1.28. The zero-order valence-corrected chi connectivity index (χ0v) is 20.3. The number of benzene rings is 2. The molecule has 168 valence electrons. The van der Waals surface area contributed by atoms with E-state index in [1.165, 1.54) is 0 Å². The van der Waals surface area contributed by atoms with Crippen LogP contribution in [-0.2, 0) is 17.8 Å². The second-order valence-electron chi connectivity index (χ2n) is 8.10. The summed E-state index contributed by atoms with van der Waals surface area (Å²) < 4.78 is 6.55. The summed E-state index contributed by atoms with van der Waals surface area (Å²) in [6.45, 7) is 6.66. The van der Waals surface area contributed by atoms with Crippen LogP contribution in [0.1, 0.15) is 41.3 Å². The normalized spacial score (nSPS) is 10.9. The molecule has 0 bridgehead atoms. The first-order valence-electron chi connectivity index (χ1n) is 10.8. The lowest BCUT2D eigenvalue weighted by Gasteiger charge is -2.30. The molecule has 6 heteroatoms. The molecule has 0 saturated carbocycles. The molecule has 0 aliphatic heterocycles. The zero-order chi connectivity index (χ0) is 23.1. The molecule has 0 spiro atoms. The van der Waals surface area contributed by atoms with E-state index in [0.717, 1.165) is 28.0 Å². The first-order valence-corrected chi connectivity index (χ1v) is 11.6. The van der Waals surface area contributed by atoms with Gasteiger partial charge in [0.25, 0.3) is 5.91 Å². The average molecular weight is 497 g/mol. The van der Waals surface area contributed by atoms with Crippen molar-refractivity contribution in [2.45, 2.75) is 39.8 Å². The van der Waals surface area contributed by atoms with Crippen molar-refractivity contribution >= 4 is 27.7 Å². The van der Waals surface area contributed by atoms with Crippen LogP contribution in [0.25, 0.3) is 0 Å². The van der Waals surface area contributed by atoms with Crippen LogP contribution in [0.2, 0.25) is 0 Å². The second-order valence-corrected chi connectivity index (χ2v) is 9.02. The summed E-state index contributed by atoms with van der Waals surface area (Å²) in [4.78, 5) is 29.9. The van der Waals surface area contributed by atoms with E-state index < -0.39 is 0 Å². The molecule has 0 unspecified atom stereocenters. The van der Waals surface area contributed by atoms with Gasteiger partial charge in [0, 0.05) is 22.6 Å². The smallest absolute Gasteiger partial charge is 0.254 e. The summed E-state index contributed by atoms with van der Waals surface area (Å²) >= 11 is 3.42. The van der Waals surface area contributed by atoms with Crippen LogP contribution in [0.4, 0.5) is 0 Å². The molecule has 2 amide bonds. The van der Waals surface area contributed by atoms with Crippen molar-refractivity contribution in [1.29, 1.82) is 0 Å². The fourth-order valence-electron chi connectivity index (χ4n) is 3.48. The molecule has 0 fully saturated rings. The number of hydrogen-bond acceptors (Lipinski definition) is 3. The van der Waals surface area contributed by atoms with Crippen molar-refractivity contribution < 1.29 is 14.0 Å². The fraction of sp³-hybridized carbons (Fsp3) is 0.308. The number of aryl methyl sites for hydroxylation is 1. The number of carbonyl (C=O) groups excluding carboxylic acids is 2. The Kier molecular flexibility index (Phi) is 8.28. The molecule has 1 aromatic heterocycles. The van der Waals surface area contributed by atoms with E-state index >= 15 is 0 Å². The van der Waals surface area contributed by atoms with Gasteiger partial charge in [-0.2, -0.15) is 0 Å². The summed E-state index contributed by atoms with van der Waals surface area (Å²) in [7, 11) is 0. The predicted octanol–water partition coefficient (Wildman–Crippen LogP) is 5.47. The summed E-state index contributed by atoms with van der Waals surface area (Å²) in [5, 5.41) is 0. The first kappa shape index (κ1) is 23.8. The topological polar surface area (TPSA) is 53.8 Å². The van der Waals surface area contributed by atoms with Crippen LogP contribution < -0.4 is 0 Å². The number of nitrogens with zero attached hydrogens (tertiary/aromatic N) is 2. The highest BCUT2D eigenvalue weighted by atomic mass is 79.9. The summed E-state index contributed by atoms with van der Waals surface area (Å²) in [6.07, 6.45) is 0.730. The molecule has 0 aliphatic carbocycles. The van der Waals surface area contributed by atoms with E-state index in [9.17, 15) is 9.59 Å². The van der Waals surface area contributed by atoms with E-state index in [4.69, 9.17) is 4.42 Å². The Labute approximate surface area is 198 Å². The first-order chi connectivity index (χ1) is 15.3. The maximum Gasteiger partial charge on any atom is 0.254 e. The van der Waals surface area contributed by atoms with E-state index in [1.54, 1.807) is 21.9 Å². The van der Waals surface area contributed by atoms with Gasteiger partial charge in [-0.25, -0.2) is 0 Å². The van der Waals surface area contributed by atoms with Gasteiger partial charge >= 0.3 is 0 Å². The number of carbonyl (C=O) groups is 2. The highest BCUT2D eigenvalue weighted by Gasteiger charge is 2.25. The van der Waals surface area contributed by atoms with E-state index in [0.29, 0.717) is 18.7 Å². The monoisotopic (exact) mass is 496 g/mol. The Morgan fingerprint density at radius 2 is 1.75 bits per heavy atom. The maximum absolute atomic E-state index is 13.4. The van der Waals surface area contributed by atoms with Gasteiger partial charge in [0.1, 0.15) is 18.1 Å². The fourth-order valence-corrected chi connectivity index (χ4v) is 3.88. The predicted molar refractivity (Wildman–Crippen MR) is 129 cm³/mol. The van der Waals surface area contributed by atoms with Gasteiger partial charge in [-0.05, 0) is 63.1 Å². The van der Waals surface area contributed by atoms with Crippen molar-refractivity contribution in [2.75, 3.05) is 13.1 Å². The summed E-state index contributed by atoms with van der Waals surface area (Å²) in [6, 6.07) is 21.0. The molecule has 3 aromatic rings. The molecular formula is C26H29BrN2O3. The minimum absolute atomic E-state index is 0.0114. The Morgan fingerprint density at radius 3 is 2.38 bits per heavy atom. The Bertz CT molecular complexity index is 1050. The minimum atomic E-state index is -0.161. The molecular weight excluding hydrogens is 468 g/mol. The number of hydrogen-bond donors (Lipinski definition) is 0. The van der Waals surface area contributed by atoms with E-state index in [-0.39, 0.29) is 24.4 Å². The molecule has 2 aromatic carbocycles. The number of halogens is 1. The van der Waals surface area contributed by atoms with Crippen LogP contribution >= 0.6 is 15.9 Å². The van der Waals surface area contributed by atoms with Gasteiger partial charge in [-0.3, -0.25) is 9.59 Å². The Morgan fingerprint density at radius 1 is 1.00 bits per heavy atom. The van der Waals surface area contributed by atoms with Gasteiger partial charge in [-0.1, -0.05) is 52.3 Å². The highest BCUT2D eigenvalue weighted by Crippen LogP contribution is 2.16. The van der Waals surface area contributed by atoms with Crippen molar-refractivity contribution in [1.82, 2.24) is 9.80 Å². The molecule has 0 saturated heterocycles. The lowest BCUT2D eigenvalue weighted by atomic mass is 10.1. The Hall–Kier alpha value is -2.86. The van der Waals surface area contributed by atoms with Crippen LogP contribution in [-0.4, -0.2) is 40.7 Å². The molecule has 5 nitrogen and oxygen atoms in total. The van der Waals surface area contributed by atoms with Gasteiger partial charge in [0.05, 0.1) is 6.54 Å².